The van der Waals surface area contributed by atoms with Crippen LogP contribution in [0.25, 0.3) is 5.57 Å². The lowest BCUT2D eigenvalue weighted by molar-refractivity contribution is -0.142. The molecule has 0 heterocycles. The molecule has 0 aliphatic heterocycles. The Balaban J connectivity index is 2.18. The van der Waals surface area contributed by atoms with Crippen LogP contribution in [0.2, 0.25) is 0 Å². The highest BCUT2D eigenvalue weighted by atomic mass is 16.4. The number of carboxylic acid groups (broad SMARTS) is 1. The van der Waals surface area contributed by atoms with Crippen LogP contribution in [-0.2, 0) is 10.4 Å². The van der Waals surface area contributed by atoms with E-state index in [0.717, 1.165) is 5.56 Å². The van der Waals surface area contributed by atoms with E-state index < -0.39 is 17.1 Å². The van der Waals surface area contributed by atoms with Crippen LogP contribution in [0.1, 0.15) is 17.5 Å². The van der Waals surface area contributed by atoms with Crippen molar-refractivity contribution in [3.63, 3.8) is 0 Å². The average molecular weight is 295 g/mol. The zero-order valence-corrected chi connectivity index (χ0v) is 11.9. The number of aliphatic carboxylic acids is 1. The number of aliphatic hydroxyl groups is 1. The molecular weight excluding hydrogens is 278 g/mol. The molecule has 0 spiro atoms. The topological polar surface area (TPSA) is 83.6 Å². The molecule has 112 valence electrons. The van der Waals surface area contributed by atoms with Crippen LogP contribution in [0.4, 0.5) is 0 Å². The molecule has 2 aromatic rings. The van der Waals surface area contributed by atoms with E-state index in [9.17, 15) is 15.0 Å². The molecule has 0 saturated heterocycles. The standard InChI is InChI=1S/C18H17NO3/c19-17(16(20)21)11-15(13-7-3-1-4-8-13)18(22,12-17)14-9-5-2-6-10-14/h1-11,22H,12,19H2,(H,20,21)/t17-,18+/m1/s1. The fourth-order valence-electron chi connectivity index (χ4n) is 3.00. The van der Waals surface area contributed by atoms with E-state index >= 15 is 0 Å². The second-order valence-electron chi connectivity index (χ2n) is 5.67. The molecule has 4 heteroatoms. The first-order chi connectivity index (χ1) is 10.5. The zero-order chi connectivity index (χ0) is 15.8. The molecule has 2 atom stereocenters. The quantitative estimate of drug-likeness (QED) is 0.810. The van der Waals surface area contributed by atoms with Gasteiger partial charge < -0.3 is 15.9 Å². The summed E-state index contributed by atoms with van der Waals surface area (Å²) in [5.74, 6) is -1.15. The van der Waals surface area contributed by atoms with Crippen LogP contribution in [0.3, 0.4) is 0 Å². The van der Waals surface area contributed by atoms with Crippen LogP contribution >= 0.6 is 0 Å². The Bertz CT molecular complexity index is 727. The van der Waals surface area contributed by atoms with Crippen molar-refractivity contribution in [1.82, 2.24) is 0 Å². The number of nitrogens with two attached hydrogens (primary N) is 1. The summed E-state index contributed by atoms with van der Waals surface area (Å²) in [5, 5.41) is 20.7. The Hall–Kier alpha value is -2.43. The van der Waals surface area contributed by atoms with Crippen LogP contribution in [0, 0.1) is 0 Å². The molecule has 2 aromatic carbocycles. The molecule has 4 N–H and O–H groups in total. The minimum Gasteiger partial charge on any atom is -0.480 e. The second kappa shape index (κ2) is 5.09. The smallest absolute Gasteiger partial charge is 0.327 e. The van der Waals surface area contributed by atoms with E-state index in [0.29, 0.717) is 11.1 Å². The van der Waals surface area contributed by atoms with E-state index in [4.69, 9.17) is 5.73 Å². The third-order valence-electron chi connectivity index (χ3n) is 4.13. The molecule has 0 saturated carbocycles. The lowest BCUT2D eigenvalue weighted by Crippen LogP contribution is -2.47. The van der Waals surface area contributed by atoms with Gasteiger partial charge in [-0.25, -0.2) is 4.79 Å². The van der Waals surface area contributed by atoms with Crippen molar-refractivity contribution in [2.24, 2.45) is 5.73 Å². The number of carboxylic acids is 1. The van der Waals surface area contributed by atoms with Gasteiger partial charge in [-0.05, 0) is 22.8 Å². The monoisotopic (exact) mass is 295 g/mol. The third-order valence-corrected chi connectivity index (χ3v) is 4.13. The summed E-state index contributed by atoms with van der Waals surface area (Å²) in [4.78, 5) is 11.5. The van der Waals surface area contributed by atoms with Crippen LogP contribution < -0.4 is 5.73 Å². The van der Waals surface area contributed by atoms with Crippen molar-refractivity contribution >= 4 is 11.5 Å². The maximum atomic E-state index is 11.5. The van der Waals surface area contributed by atoms with Gasteiger partial charge in [-0.15, -0.1) is 0 Å². The Morgan fingerprint density at radius 3 is 2.09 bits per heavy atom. The fourth-order valence-corrected chi connectivity index (χ4v) is 3.00. The molecule has 0 bridgehead atoms. The summed E-state index contributed by atoms with van der Waals surface area (Å²) >= 11 is 0. The molecule has 3 rings (SSSR count). The largest absolute Gasteiger partial charge is 0.480 e. The van der Waals surface area contributed by atoms with Gasteiger partial charge in [-0.2, -0.15) is 0 Å². The molecule has 0 radical (unpaired) electrons. The Labute approximate surface area is 128 Å². The minimum atomic E-state index is -1.59. The first kappa shape index (κ1) is 14.5. The highest BCUT2D eigenvalue weighted by Gasteiger charge is 2.51. The van der Waals surface area contributed by atoms with Crippen LogP contribution in [0.5, 0.6) is 0 Å². The average Bonchev–Trinajstić information content (AvgIpc) is 2.83. The first-order valence-electron chi connectivity index (χ1n) is 7.05. The number of carbonyl (C=O) groups is 1. The lowest BCUT2D eigenvalue weighted by atomic mass is 9.82. The SMILES string of the molecule is N[C@]1(C(=O)O)C=C(c2ccccc2)[C@@](O)(c2ccccc2)C1. The van der Waals surface area contributed by atoms with Crippen molar-refractivity contribution in [2.75, 3.05) is 0 Å². The van der Waals surface area contributed by atoms with Crippen molar-refractivity contribution in [1.29, 1.82) is 0 Å². The highest BCUT2D eigenvalue weighted by Crippen LogP contribution is 2.48. The van der Waals surface area contributed by atoms with Gasteiger partial charge in [0.05, 0.1) is 0 Å². The summed E-state index contributed by atoms with van der Waals surface area (Å²) in [5.41, 5.74) is 4.93. The molecular formula is C18H17NO3. The van der Waals surface area contributed by atoms with Gasteiger partial charge >= 0.3 is 5.97 Å². The van der Waals surface area contributed by atoms with E-state index in [-0.39, 0.29) is 6.42 Å². The van der Waals surface area contributed by atoms with Gasteiger partial charge in [-0.3, -0.25) is 0 Å². The zero-order valence-electron chi connectivity index (χ0n) is 11.9. The molecule has 1 aliphatic rings. The number of hydrogen-bond donors (Lipinski definition) is 3. The van der Waals surface area contributed by atoms with Gasteiger partial charge in [0.1, 0.15) is 11.1 Å². The van der Waals surface area contributed by atoms with Gasteiger partial charge in [0.25, 0.3) is 0 Å². The lowest BCUT2D eigenvalue weighted by Gasteiger charge is -2.29. The van der Waals surface area contributed by atoms with Crippen molar-refractivity contribution in [2.45, 2.75) is 17.6 Å². The van der Waals surface area contributed by atoms with Gasteiger partial charge in [0.15, 0.2) is 0 Å². The summed E-state index contributed by atoms with van der Waals surface area (Å²) in [6.07, 6.45) is 1.38. The number of benzene rings is 2. The normalized spacial score (nSPS) is 27.5. The van der Waals surface area contributed by atoms with Crippen molar-refractivity contribution in [3.05, 3.63) is 77.9 Å². The number of hydrogen-bond acceptors (Lipinski definition) is 3. The maximum Gasteiger partial charge on any atom is 0.327 e. The van der Waals surface area contributed by atoms with E-state index in [2.05, 4.69) is 0 Å². The van der Waals surface area contributed by atoms with E-state index in [1.807, 2.05) is 48.5 Å². The van der Waals surface area contributed by atoms with Crippen molar-refractivity contribution in [3.8, 4) is 0 Å². The van der Waals surface area contributed by atoms with E-state index in [1.165, 1.54) is 6.08 Å². The second-order valence-corrected chi connectivity index (χ2v) is 5.67. The van der Waals surface area contributed by atoms with Crippen LogP contribution in [0.15, 0.2) is 66.7 Å². The maximum absolute atomic E-state index is 11.5. The molecule has 0 unspecified atom stereocenters. The molecule has 0 fully saturated rings. The minimum absolute atomic E-state index is 0.0937. The summed E-state index contributed by atoms with van der Waals surface area (Å²) in [6.45, 7) is 0. The number of rotatable bonds is 3. The predicted molar refractivity (Wildman–Crippen MR) is 83.9 cm³/mol. The molecule has 0 aromatic heterocycles. The summed E-state index contributed by atoms with van der Waals surface area (Å²) < 4.78 is 0. The summed E-state index contributed by atoms with van der Waals surface area (Å²) in [6, 6.07) is 18.3. The molecule has 4 nitrogen and oxygen atoms in total. The van der Waals surface area contributed by atoms with E-state index in [1.54, 1.807) is 12.1 Å². The van der Waals surface area contributed by atoms with Crippen molar-refractivity contribution < 1.29 is 15.0 Å². The Kier molecular flexibility index (Phi) is 3.35. The molecule has 0 amide bonds. The highest BCUT2D eigenvalue weighted by molar-refractivity contribution is 5.90. The van der Waals surface area contributed by atoms with Crippen LogP contribution in [-0.4, -0.2) is 21.7 Å². The third kappa shape index (κ3) is 2.22. The molecule has 22 heavy (non-hydrogen) atoms. The first-order valence-corrected chi connectivity index (χ1v) is 7.05. The fraction of sp³-hybridized carbons (Fsp3) is 0.167. The van der Waals surface area contributed by atoms with Gasteiger partial charge in [0.2, 0.25) is 0 Å². The Morgan fingerprint density at radius 1 is 1.00 bits per heavy atom. The summed E-state index contributed by atoms with van der Waals surface area (Å²) in [7, 11) is 0. The van der Waals surface area contributed by atoms with Gasteiger partial charge in [0, 0.05) is 6.42 Å². The molecule has 1 aliphatic carbocycles. The van der Waals surface area contributed by atoms with Gasteiger partial charge in [-0.1, -0.05) is 60.7 Å². The predicted octanol–water partition coefficient (Wildman–Crippen LogP) is 2.14. The Morgan fingerprint density at radius 2 is 1.55 bits per heavy atom.